The number of methoxy groups -OCH3 is 2. The number of nitrogens with one attached hydrogen (secondary N) is 2. The summed E-state index contributed by atoms with van der Waals surface area (Å²) >= 11 is 0. The molecule has 0 spiro atoms. The molecule has 2 atom stereocenters. The van der Waals surface area contributed by atoms with E-state index in [1.54, 1.807) is 27.7 Å². The van der Waals surface area contributed by atoms with E-state index in [4.69, 9.17) is 28.4 Å². The van der Waals surface area contributed by atoms with Crippen LogP contribution < -0.4 is 20.1 Å². The molecule has 12 nitrogen and oxygen atoms in total. The summed E-state index contributed by atoms with van der Waals surface area (Å²) < 4.78 is 71.4. The van der Waals surface area contributed by atoms with E-state index in [0.29, 0.717) is 11.1 Å². The number of aliphatic hydroxyl groups is 1. The van der Waals surface area contributed by atoms with E-state index in [-0.39, 0.29) is 48.6 Å². The molecule has 0 heterocycles. The lowest BCUT2D eigenvalue weighted by Crippen LogP contribution is -2.40. The Balaban J connectivity index is 2.42. The Morgan fingerprint density at radius 2 is 1.57 bits per heavy atom. The van der Waals surface area contributed by atoms with Crippen LogP contribution in [-0.2, 0) is 23.7 Å². The third-order valence-electron chi connectivity index (χ3n) is 5.88. The van der Waals surface area contributed by atoms with Crippen molar-refractivity contribution >= 4 is 12.0 Å². The summed E-state index contributed by atoms with van der Waals surface area (Å²) in [7, 11) is 2.81. The zero-order valence-electron chi connectivity index (χ0n) is 25.4. The first kappa shape index (κ1) is 36.4. The van der Waals surface area contributed by atoms with E-state index in [1.165, 1.54) is 44.6 Å². The highest BCUT2D eigenvalue weighted by atomic mass is 19.4. The number of alkyl halides is 3. The molecular formula is C29H39F3N2O10. The van der Waals surface area contributed by atoms with Gasteiger partial charge in [-0.25, -0.2) is 4.79 Å². The molecule has 0 radical (unpaired) electrons. The topological polar surface area (TPSA) is 154 Å². The van der Waals surface area contributed by atoms with Crippen molar-refractivity contribution < 1.29 is 61.4 Å². The predicted molar refractivity (Wildman–Crippen MR) is 151 cm³/mol. The first-order valence-electron chi connectivity index (χ1n) is 13.4. The van der Waals surface area contributed by atoms with E-state index >= 15 is 0 Å². The zero-order chi connectivity index (χ0) is 33.1. The monoisotopic (exact) mass is 632 g/mol. The zero-order valence-corrected chi connectivity index (χ0v) is 25.4. The number of carbonyl (C=O) groups excluding carboxylic acids is 2. The smallest absolute Gasteiger partial charge is 0.471 e. The number of alkyl carbamates (subject to hydrolysis) is 1. The predicted octanol–water partition coefficient (Wildman–Crippen LogP) is 4.42. The van der Waals surface area contributed by atoms with Gasteiger partial charge in [0.05, 0.1) is 45.6 Å². The molecule has 2 aromatic rings. The Labute approximate surface area is 253 Å². The third kappa shape index (κ3) is 11.4. The van der Waals surface area contributed by atoms with Crippen LogP contribution in [0.3, 0.4) is 0 Å². The summed E-state index contributed by atoms with van der Waals surface area (Å²) in [5.74, 6) is -2.34. The second-order valence-electron chi connectivity index (χ2n) is 10.5. The maximum absolute atomic E-state index is 13.1. The van der Waals surface area contributed by atoms with Crippen LogP contribution in [0.4, 0.5) is 18.0 Å². The van der Waals surface area contributed by atoms with Gasteiger partial charge in [-0.05, 0) is 63.1 Å². The second kappa shape index (κ2) is 16.3. The summed E-state index contributed by atoms with van der Waals surface area (Å²) in [4.78, 5) is 24.1. The fraction of sp³-hybridized carbons (Fsp3) is 0.517. The van der Waals surface area contributed by atoms with Gasteiger partial charge < -0.3 is 49.3 Å². The SMILES string of the molecule is COCCOCOC[C@@H](NC(=O)C(F)(F)F)c1cc(OC)c(C)c(Oc2cc([C@H](CO)NC(=O)OC(C)(C)C)ccc2O)c1. The largest absolute Gasteiger partial charge is 0.504 e. The Morgan fingerprint density at radius 3 is 2.16 bits per heavy atom. The number of aliphatic hydroxyl groups excluding tert-OH is 1. The molecule has 0 saturated heterocycles. The normalized spacial score (nSPS) is 13.1. The summed E-state index contributed by atoms with van der Waals surface area (Å²) in [6.07, 6.45) is -5.94. The molecule has 0 aromatic heterocycles. The number of halogens is 3. The average molecular weight is 633 g/mol. The van der Waals surface area contributed by atoms with Crippen LogP contribution in [0.5, 0.6) is 23.0 Å². The number of phenols is 1. The number of rotatable bonds is 15. The van der Waals surface area contributed by atoms with Gasteiger partial charge in [0.15, 0.2) is 11.5 Å². The second-order valence-corrected chi connectivity index (χ2v) is 10.5. The lowest BCUT2D eigenvalue weighted by molar-refractivity contribution is -0.175. The minimum Gasteiger partial charge on any atom is -0.504 e. The minimum atomic E-state index is -5.16. The first-order chi connectivity index (χ1) is 20.6. The number of hydrogen-bond acceptors (Lipinski definition) is 10. The molecule has 2 amide bonds. The van der Waals surface area contributed by atoms with Gasteiger partial charge in [0.1, 0.15) is 23.9 Å². The van der Waals surface area contributed by atoms with Gasteiger partial charge in [-0.3, -0.25) is 4.79 Å². The lowest BCUT2D eigenvalue weighted by atomic mass is 10.0. The van der Waals surface area contributed by atoms with Crippen molar-refractivity contribution in [2.45, 2.75) is 51.6 Å². The van der Waals surface area contributed by atoms with E-state index < -0.39 is 49.1 Å². The molecule has 0 saturated carbocycles. The molecule has 44 heavy (non-hydrogen) atoms. The summed E-state index contributed by atoms with van der Waals surface area (Å²) in [6.45, 7) is 5.91. The molecule has 0 aliphatic heterocycles. The fourth-order valence-electron chi connectivity index (χ4n) is 3.72. The van der Waals surface area contributed by atoms with Gasteiger partial charge in [-0.1, -0.05) is 6.07 Å². The standard InChI is InChI=1S/C29H39F3N2O10/c1-17-23(40-6)12-19(21(33-26(37)29(30,31)32)15-42-16-41-10-9-39-5)13-24(17)43-25-11-18(7-8-22(25)36)20(14-35)34-27(38)44-28(2,3)4/h7-8,11-13,20-21,35-36H,9-10,14-16H2,1-6H3,(H,33,37)(H,34,38)/t20-,21+/m0/s1. The summed E-state index contributed by atoms with van der Waals surface area (Å²) in [5.41, 5.74) is 0.113. The Morgan fingerprint density at radius 1 is 0.909 bits per heavy atom. The van der Waals surface area contributed by atoms with Crippen molar-refractivity contribution in [2.24, 2.45) is 0 Å². The molecule has 0 unspecified atom stereocenters. The number of carbonyl (C=O) groups is 2. The van der Waals surface area contributed by atoms with Crippen molar-refractivity contribution in [3.8, 4) is 23.0 Å². The van der Waals surface area contributed by atoms with Crippen molar-refractivity contribution in [1.29, 1.82) is 0 Å². The quantitative estimate of drug-likeness (QED) is 0.164. The summed E-state index contributed by atoms with van der Waals surface area (Å²) in [5, 5.41) is 24.9. The van der Waals surface area contributed by atoms with Crippen molar-refractivity contribution in [3.63, 3.8) is 0 Å². The molecular weight excluding hydrogens is 593 g/mol. The third-order valence-corrected chi connectivity index (χ3v) is 5.88. The number of aromatic hydroxyl groups is 1. The first-order valence-corrected chi connectivity index (χ1v) is 13.4. The lowest BCUT2D eigenvalue weighted by Gasteiger charge is -2.24. The Hall–Kier alpha value is -3.79. The van der Waals surface area contributed by atoms with Gasteiger partial charge >= 0.3 is 18.2 Å². The highest BCUT2D eigenvalue weighted by Crippen LogP contribution is 2.39. The molecule has 0 fully saturated rings. The maximum atomic E-state index is 13.1. The van der Waals surface area contributed by atoms with Crippen LogP contribution in [0, 0.1) is 6.92 Å². The molecule has 2 rings (SSSR count). The molecule has 246 valence electrons. The molecule has 0 aliphatic carbocycles. The fourth-order valence-corrected chi connectivity index (χ4v) is 3.72. The van der Waals surface area contributed by atoms with Gasteiger partial charge in [0.25, 0.3) is 0 Å². The molecule has 0 aliphatic rings. The number of ether oxygens (including phenoxy) is 6. The van der Waals surface area contributed by atoms with Crippen molar-refractivity contribution in [2.75, 3.05) is 47.4 Å². The average Bonchev–Trinajstić information content (AvgIpc) is 2.93. The van der Waals surface area contributed by atoms with E-state index in [2.05, 4.69) is 5.32 Å². The highest BCUT2D eigenvalue weighted by molar-refractivity contribution is 5.82. The van der Waals surface area contributed by atoms with E-state index in [0.717, 1.165) is 0 Å². The van der Waals surface area contributed by atoms with Crippen LogP contribution in [0.25, 0.3) is 0 Å². The van der Waals surface area contributed by atoms with Crippen LogP contribution in [0.15, 0.2) is 30.3 Å². The van der Waals surface area contributed by atoms with Gasteiger partial charge in [0.2, 0.25) is 0 Å². The van der Waals surface area contributed by atoms with Gasteiger partial charge in [-0.2, -0.15) is 13.2 Å². The molecule has 15 heteroatoms. The number of phenolic OH excluding ortho intramolecular Hbond substituents is 1. The van der Waals surface area contributed by atoms with E-state index in [9.17, 15) is 33.0 Å². The molecule has 0 bridgehead atoms. The van der Waals surface area contributed by atoms with Crippen molar-refractivity contribution in [3.05, 3.63) is 47.0 Å². The highest BCUT2D eigenvalue weighted by Gasteiger charge is 2.40. The van der Waals surface area contributed by atoms with Crippen LogP contribution in [-0.4, -0.2) is 81.4 Å². The molecule has 2 aromatic carbocycles. The number of amides is 2. The summed E-state index contributed by atoms with van der Waals surface area (Å²) in [6, 6.07) is 4.65. The Bertz CT molecular complexity index is 1250. The minimum absolute atomic E-state index is 0.0649. The van der Waals surface area contributed by atoms with Crippen LogP contribution >= 0.6 is 0 Å². The van der Waals surface area contributed by atoms with Crippen molar-refractivity contribution in [1.82, 2.24) is 10.6 Å². The molecule has 4 N–H and O–H groups in total. The van der Waals surface area contributed by atoms with Gasteiger partial charge in [-0.15, -0.1) is 0 Å². The number of hydrogen-bond donors (Lipinski definition) is 4. The van der Waals surface area contributed by atoms with Crippen LogP contribution in [0.1, 0.15) is 49.5 Å². The van der Waals surface area contributed by atoms with Gasteiger partial charge in [0, 0.05) is 12.7 Å². The Kier molecular flexibility index (Phi) is 13.5. The van der Waals surface area contributed by atoms with E-state index in [1.807, 2.05) is 5.32 Å². The van der Waals surface area contributed by atoms with Crippen LogP contribution in [0.2, 0.25) is 0 Å². The maximum Gasteiger partial charge on any atom is 0.471 e. The number of benzene rings is 2.